The number of guanidine groups is 1. The summed E-state index contributed by atoms with van der Waals surface area (Å²) in [7, 11) is 0. The lowest BCUT2D eigenvalue weighted by Crippen LogP contribution is -2.38. The lowest BCUT2D eigenvalue weighted by molar-refractivity contribution is 0.629. The number of rotatable bonds is 7. The molecule has 6 heteroatoms. The predicted octanol–water partition coefficient (Wildman–Crippen LogP) is 3.35. The topological polar surface area (TPSA) is 65.1 Å². The molecule has 0 radical (unpaired) electrons. The van der Waals surface area contributed by atoms with Crippen LogP contribution in [0.1, 0.15) is 23.7 Å². The number of H-pyrrole nitrogens is 1. The van der Waals surface area contributed by atoms with Crippen LogP contribution < -0.4 is 10.6 Å². The average Bonchev–Trinajstić information content (AvgIpc) is 3.05. The van der Waals surface area contributed by atoms with Crippen molar-refractivity contribution in [3.05, 3.63) is 65.4 Å². The molecule has 1 aromatic carbocycles. The van der Waals surface area contributed by atoms with Crippen molar-refractivity contribution in [2.75, 3.05) is 19.6 Å². The molecule has 27 heavy (non-hydrogen) atoms. The van der Waals surface area contributed by atoms with Crippen LogP contribution in [0.3, 0.4) is 0 Å². The molecule has 5 nitrogen and oxygen atoms in total. The first-order chi connectivity index (χ1) is 13.2. The number of nitrogens with zero attached hydrogens (tertiary/aromatic N) is 2. The van der Waals surface area contributed by atoms with Gasteiger partial charge in [-0.05, 0) is 62.1 Å². The minimum Gasteiger partial charge on any atom is -0.361 e. The number of hydrogen-bond acceptors (Lipinski definition) is 2. The Balaban J connectivity index is 1.54. The molecule has 2 aromatic heterocycles. The maximum Gasteiger partial charge on any atom is 0.191 e. The van der Waals surface area contributed by atoms with Gasteiger partial charge in [0, 0.05) is 48.6 Å². The highest BCUT2D eigenvalue weighted by atomic mass is 19.1. The Morgan fingerprint density at radius 1 is 1.19 bits per heavy atom. The third kappa shape index (κ3) is 5.29. The quantitative estimate of drug-likeness (QED) is 0.443. The van der Waals surface area contributed by atoms with Crippen LogP contribution in [-0.4, -0.2) is 35.6 Å². The third-order valence-corrected chi connectivity index (χ3v) is 4.40. The van der Waals surface area contributed by atoms with Gasteiger partial charge in [0.2, 0.25) is 0 Å². The highest BCUT2D eigenvalue weighted by Gasteiger charge is 2.05. The van der Waals surface area contributed by atoms with Crippen LogP contribution in [0.25, 0.3) is 10.9 Å². The maximum absolute atomic E-state index is 13.5. The Kier molecular flexibility index (Phi) is 6.41. The maximum atomic E-state index is 13.5. The molecule has 3 N–H and O–H groups in total. The molecule has 0 aliphatic heterocycles. The second kappa shape index (κ2) is 9.16. The summed E-state index contributed by atoms with van der Waals surface area (Å²) in [5.74, 6) is 0.580. The van der Waals surface area contributed by atoms with Crippen molar-refractivity contribution in [3.8, 4) is 0 Å². The Bertz CT molecular complexity index is 899. The number of aromatic amines is 1. The SMILES string of the molecule is CCNC(=NCCc1c[nH]c2ccc(F)cc12)NCCc1ccc(C)nc1. The Morgan fingerprint density at radius 2 is 2.07 bits per heavy atom. The van der Waals surface area contributed by atoms with Gasteiger partial charge in [0.15, 0.2) is 5.96 Å². The number of fused-ring (bicyclic) bond motifs is 1. The standard InChI is InChI=1S/C21H26FN5/c1-3-23-21(24-10-8-16-5-4-15(2)26-13-16)25-11-9-17-14-27-20-7-6-18(22)12-19(17)20/h4-7,12-14,27H,3,8-11H2,1-2H3,(H2,23,24,25). The fourth-order valence-corrected chi connectivity index (χ4v) is 2.96. The summed E-state index contributed by atoms with van der Waals surface area (Å²) < 4.78 is 13.5. The Hall–Kier alpha value is -2.89. The van der Waals surface area contributed by atoms with Gasteiger partial charge in [-0.25, -0.2) is 4.39 Å². The number of pyridine rings is 1. The minimum absolute atomic E-state index is 0.215. The first-order valence-corrected chi connectivity index (χ1v) is 9.35. The minimum atomic E-state index is -0.215. The third-order valence-electron chi connectivity index (χ3n) is 4.40. The van der Waals surface area contributed by atoms with E-state index in [4.69, 9.17) is 0 Å². The first kappa shape index (κ1) is 18.9. The fourth-order valence-electron chi connectivity index (χ4n) is 2.96. The zero-order valence-electron chi connectivity index (χ0n) is 15.8. The largest absolute Gasteiger partial charge is 0.361 e. The van der Waals surface area contributed by atoms with E-state index in [9.17, 15) is 4.39 Å². The van der Waals surface area contributed by atoms with Crippen LogP contribution in [-0.2, 0) is 12.8 Å². The molecule has 0 aliphatic carbocycles. The van der Waals surface area contributed by atoms with Crippen molar-refractivity contribution in [1.82, 2.24) is 20.6 Å². The van der Waals surface area contributed by atoms with Gasteiger partial charge in [0.05, 0.1) is 0 Å². The molecule has 0 amide bonds. The molecule has 142 valence electrons. The lowest BCUT2D eigenvalue weighted by Gasteiger charge is -2.11. The highest BCUT2D eigenvalue weighted by molar-refractivity contribution is 5.83. The summed E-state index contributed by atoms with van der Waals surface area (Å²) in [6.07, 6.45) is 5.49. The average molecular weight is 367 g/mol. The van der Waals surface area contributed by atoms with E-state index in [2.05, 4.69) is 31.7 Å². The van der Waals surface area contributed by atoms with E-state index in [0.29, 0.717) is 6.54 Å². The summed E-state index contributed by atoms with van der Waals surface area (Å²) in [6.45, 7) is 6.25. The van der Waals surface area contributed by atoms with Crippen LogP contribution in [0.5, 0.6) is 0 Å². The molecular weight excluding hydrogens is 341 g/mol. The summed E-state index contributed by atoms with van der Waals surface area (Å²) in [4.78, 5) is 12.1. The van der Waals surface area contributed by atoms with Gasteiger partial charge in [-0.15, -0.1) is 0 Å². The number of nitrogens with one attached hydrogen (secondary N) is 3. The van der Waals surface area contributed by atoms with E-state index < -0.39 is 0 Å². The number of aliphatic imine (C=N–C) groups is 1. The van der Waals surface area contributed by atoms with Crippen LogP contribution in [0, 0.1) is 12.7 Å². The zero-order chi connectivity index (χ0) is 19.1. The number of hydrogen-bond donors (Lipinski definition) is 3. The molecule has 3 rings (SSSR count). The van der Waals surface area contributed by atoms with Crippen molar-refractivity contribution in [2.45, 2.75) is 26.7 Å². The normalized spacial score (nSPS) is 11.7. The van der Waals surface area contributed by atoms with Crippen LogP contribution >= 0.6 is 0 Å². The van der Waals surface area contributed by atoms with E-state index in [-0.39, 0.29) is 5.82 Å². The van der Waals surface area contributed by atoms with E-state index in [1.807, 2.05) is 32.3 Å². The first-order valence-electron chi connectivity index (χ1n) is 9.35. The molecule has 3 aromatic rings. The van der Waals surface area contributed by atoms with E-state index >= 15 is 0 Å². The molecular formula is C21H26FN5. The molecule has 2 heterocycles. The number of aromatic nitrogens is 2. The number of benzene rings is 1. The summed E-state index contributed by atoms with van der Waals surface area (Å²) in [5.41, 5.74) is 4.26. The second-order valence-corrected chi connectivity index (χ2v) is 6.50. The summed E-state index contributed by atoms with van der Waals surface area (Å²) >= 11 is 0. The van der Waals surface area contributed by atoms with Crippen molar-refractivity contribution in [3.63, 3.8) is 0 Å². The van der Waals surface area contributed by atoms with Crippen molar-refractivity contribution in [2.24, 2.45) is 4.99 Å². The monoisotopic (exact) mass is 367 g/mol. The van der Waals surface area contributed by atoms with Gasteiger partial charge in [-0.3, -0.25) is 9.98 Å². The number of aryl methyl sites for hydroxylation is 1. The number of halogens is 1. The zero-order valence-corrected chi connectivity index (χ0v) is 15.8. The molecule has 0 atom stereocenters. The van der Waals surface area contributed by atoms with Gasteiger partial charge in [0.25, 0.3) is 0 Å². The van der Waals surface area contributed by atoms with Gasteiger partial charge in [0.1, 0.15) is 5.82 Å². The van der Waals surface area contributed by atoms with E-state index in [0.717, 1.165) is 54.1 Å². The smallest absolute Gasteiger partial charge is 0.191 e. The van der Waals surface area contributed by atoms with Crippen LogP contribution in [0.2, 0.25) is 0 Å². The van der Waals surface area contributed by atoms with Gasteiger partial charge < -0.3 is 15.6 Å². The van der Waals surface area contributed by atoms with Gasteiger partial charge >= 0.3 is 0 Å². The molecule has 0 saturated heterocycles. The van der Waals surface area contributed by atoms with E-state index in [1.54, 1.807) is 12.1 Å². The molecule has 0 aliphatic rings. The van der Waals surface area contributed by atoms with Gasteiger partial charge in [-0.1, -0.05) is 6.07 Å². The summed E-state index contributed by atoms with van der Waals surface area (Å²) in [6, 6.07) is 8.94. The van der Waals surface area contributed by atoms with E-state index in [1.165, 1.54) is 11.6 Å². The Labute approximate surface area is 159 Å². The van der Waals surface area contributed by atoms with Crippen molar-refractivity contribution < 1.29 is 4.39 Å². The highest BCUT2D eigenvalue weighted by Crippen LogP contribution is 2.19. The van der Waals surface area contributed by atoms with Gasteiger partial charge in [-0.2, -0.15) is 0 Å². The lowest BCUT2D eigenvalue weighted by atomic mass is 10.1. The molecule has 0 unspecified atom stereocenters. The molecule has 0 saturated carbocycles. The molecule has 0 fully saturated rings. The fraction of sp³-hybridized carbons (Fsp3) is 0.333. The van der Waals surface area contributed by atoms with Crippen LogP contribution in [0.4, 0.5) is 4.39 Å². The molecule has 0 bridgehead atoms. The predicted molar refractivity (Wildman–Crippen MR) is 109 cm³/mol. The van der Waals surface area contributed by atoms with Crippen molar-refractivity contribution in [1.29, 1.82) is 0 Å². The van der Waals surface area contributed by atoms with Crippen molar-refractivity contribution >= 4 is 16.9 Å². The molecule has 0 spiro atoms. The summed E-state index contributed by atoms with van der Waals surface area (Å²) in [5, 5.41) is 7.54. The second-order valence-electron chi connectivity index (χ2n) is 6.50. The van der Waals surface area contributed by atoms with Crippen LogP contribution in [0.15, 0.2) is 47.7 Å². The Morgan fingerprint density at radius 3 is 2.85 bits per heavy atom.